The molecule has 0 saturated carbocycles. The fraction of sp³-hybridized carbons (Fsp3) is 0.583. The topological polar surface area (TPSA) is 41.1 Å². The minimum Gasteiger partial charge on any atom is -0.355 e. The quantitative estimate of drug-likeness (QED) is 0.894. The van der Waals surface area contributed by atoms with E-state index in [0.29, 0.717) is 0 Å². The van der Waals surface area contributed by atoms with E-state index < -0.39 is 0 Å². The van der Waals surface area contributed by atoms with Crippen LogP contribution in [0.5, 0.6) is 0 Å². The zero-order chi connectivity index (χ0) is 12.3. The summed E-state index contributed by atoms with van der Waals surface area (Å²) in [6.07, 6.45) is 1.84. The van der Waals surface area contributed by atoms with Gasteiger partial charge in [0.15, 0.2) is 0 Å². The SMILES string of the molecule is CC1(C(=O)NCCc2ccc(Br)s2)CCNC1. The monoisotopic (exact) mass is 316 g/mol. The highest BCUT2D eigenvalue weighted by Crippen LogP contribution is 2.25. The van der Waals surface area contributed by atoms with Gasteiger partial charge in [-0.2, -0.15) is 0 Å². The summed E-state index contributed by atoms with van der Waals surface area (Å²) in [6.45, 7) is 4.50. The molecule has 2 rings (SSSR count). The van der Waals surface area contributed by atoms with Gasteiger partial charge in [-0.25, -0.2) is 0 Å². The Labute approximate surface area is 114 Å². The first-order valence-corrected chi connectivity index (χ1v) is 7.44. The molecule has 1 saturated heterocycles. The third-order valence-electron chi connectivity index (χ3n) is 3.20. The van der Waals surface area contributed by atoms with E-state index in [-0.39, 0.29) is 11.3 Å². The Kier molecular flexibility index (Phi) is 4.22. The first-order chi connectivity index (χ1) is 8.10. The second-order valence-corrected chi connectivity index (χ2v) is 7.25. The number of amides is 1. The third-order valence-corrected chi connectivity index (χ3v) is 4.89. The summed E-state index contributed by atoms with van der Waals surface area (Å²) in [6, 6.07) is 4.14. The van der Waals surface area contributed by atoms with E-state index in [1.807, 2.05) is 13.0 Å². The Hall–Kier alpha value is -0.390. The van der Waals surface area contributed by atoms with Crippen molar-refractivity contribution in [2.45, 2.75) is 19.8 Å². The molecule has 1 aromatic rings. The van der Waals surface area contributed by atoms with Gasteiger partial charge >= 0.3 is 0 Å². The fourth-order valence-electron chi connectivity index (χ4n) is 2.01. The minimum absolute atomic E-state index is 0.179. The summed E-state index contributed by atoms with van der Waals surface area (Å²) >= 11 is 5.16. The van der Waals surface area contributed by atoms with Crippen molar-refractivity contribution >= 4 is 33.2 Å². The fourth-order valence-corrected chi connectivity index (χ4v) is 3.49. The molecule has 0 bridgehead atoms. The number of nitrogens with one attached hydrogen (secondary N) is 2. The van der Waals surface area contributed by atoms with Crippen molar-refractivity contribution < 1.29 is 4.79 Å². The lowest BCUT2D eigenvalue weighted by Crippen LogP contribution is -2.41. The van der Waals surface area contributed by atoms with Crippen molar-refractivity contribution in [2.75, 3.05) is 19.6 Å². The lowest BCUT2D eigenvalue weighted by atomic mass is 9.89. The van der Waals surface area contributed by atoms with Gasteiger partial charge in [-0.3, -0.25) is 4.79 Å². The number of rotatable bonds is 4. The second kappa shape index (κ2) is 5.50. The van der Waals surface area contributed by atoms with E-state index in [1.54, 1.807) is 11.3 Å². The van der Waals surface area contributed by atoms with E-state index >= 15 is 0 Å². The molecule has 1 amide bonds. The van der Waals surface area contributed by atoms with Crippen LogP contribution in [0.2, 0.25) is 0 Å². The number of carbonyl (C=O) groups is 1. The standard InChI is InChI=1S/C12H17BrN2OS/c1-12(5-7-14-8-12)11(16)15-6-4-9-2-3-10(13)17-9/h2-3,14H,4-8H2,1H3,(H,15,16). The molecule has 0 spiro atoms. The van der Waals surface area contributed by atoms with Gasteiger partial charge in [0.05, 0.1) is 9.20 Å². The molecule has 94 valence electrons. The Bertz CT molecular complexity index is 399. The number of hydrogen-bond acceptors (Lipinski definition) is 3. The molecule has 1 fully saturated rings. The Balaban J connectivity index is 1.77. The normalized spacial score (nSPS) is 23.9. The molecule has 1 aromatic heterocycles. The molecule has 3 nitrogen and oxygen atoms in total. The van der Waals surface area contributed by atoms with Crippen molar-refractivity contribution in [1.29, 1.82) is 0 Å². The molecule has 5 heteroatoms. The zero-order valence-corrected chi connectivity index (χ0v) is 12.3. The highest BCUT2D eigenvalue weighted by atomic mass is 79.9. The molecular weight excluding hydrogens is 300 g/mol. The Morgan fingerprint density at radius 3 is 3.06 bits per heavy atom. The van der Waals surface area contributed by atoms with Gasteiger partial charge < -0.3 is 10.6 Å². The first kappa shape index (κ1) is 13.1. The maximum absolute atomic E-state index is 12.0. The van der Waals surface area contributed by atoms with Crippen molar-refractivity contribution in [3.63, 3.8) is 0 Å². The number of carbonyl (C=O) groups excluding carboxylic acids is 1. The van der Waals surface area contributed by atoms with Gasteiger partial charge in [0, 0.05) is 18.0 Å². The highest BCUT2D eigenvalue weighted by Gasteiger charge is 2.35. The van der Waals surface area contributed by atoms with Gasteiger partial charge in [0.25, 0.3) is 0 Å². The van der Waals surface area contributed by atoms with Crippen LogP contribution < -0.4 is 10.6 Å². The van der Waals surface area contributed by atoms with Crippen LogP contribution in [0.3, 0.4) is 0 Å². The summed E-state index contributed by atoms with van der Waals surface area (Å²) in [4.78, 5) is 13.3. The van der Waals surface area contributed by atoms with Crippen molar-refractivity contribution in [1.82, 2.24) is 10.6 Å². The second-order valence-electron chi connectivity index (χ2n) is 4.70. The predicted octanol–water partition coefficient (Wildman–Crippen LogP) is 2.17. The molecule has 17 heavy (non-hydrogen) atoms. The van der Waals surface area contributed by atoms with Crippen LogP contribution in [0.1, 0.15) is 18.2 Å². The maximum Gasteiger partial charge on any atom is 0.227 e. The molecule has 0 aliphatic carbocycles. The lowest BCUT2D eigenvalue weighted by Gasteiger charge is -2.21. The number of thiophene rings is 1. The Morgan fingerprint density at radius 1 is 1.65 bits per heavy atom. The van der Waals surface area contributed by atoms with Gasteiger partial charge in [0.1, 0.15) is 0 Å². The zero-order valence-electron chi connectivity index (χ0n) is 9.88. The van der Waals surface area contributed by atoms with E-state index in [9.17, 15) is 4.79 Å². The summed E-state index contributed by atoms with van der Waals surface area (Å²) in [5.74, 6) is 0.179. The van der Waals surface area contributed by atoms with Crippen molar-refractivity contribution in [3.05, 3.63) is 20.8 Å². The van der Waals surface area contributed by atoms with E-state index in [0.717, 1.165) is 36.3 Å². The molecule has 2 heterocycles. The molecule has 0 aromatic carbocycles. The van der Waals surface area contributed by atoms with Crippen LogP contribution in [0.4, 0.5) is 0 Å². The summed E-state index contributed by atoms with van der Waals surface area (Å²) in [5.41, 5.74) is -0.212. The molecule has 1 unspecified atom stereocenters. The maximum atomic E-state index is 12.0. The van der Waals surface area contributed by atoms with Crippen LogP contribution in [0.25, 0.3) is 0 Å². The summed E-state index contributed by atoms with van der Waals surface area (Å²) in [7, 11) is 0. The van der Waals surface area contributed by atoms with Gasteiger partial charge in [-0.05, 0) is 54.4 Å². The largest absolute Gasteiger partial charge is 0.355 e. The molecule has 1 aliphatic rings. The molecule has 1 atom stereocenters. The van der Waals surface area contributed by atoms with Crippen molar-refractivity contribution in [3.8, 4) is 0 Å². The van der Waals surface area contributed by atoms with Crippen LogP contribution in [-0.2, 0) is 11.2 Å². The van der Waals surface area contributed by atoms with Gasteiger partial charge in [-0.1, -0.05) is 0 Å². The van der Waals surface area contributed by atoms with Crippen LogP contribution in [-0.4, -0.2) is 25.5 Å². The van der Waals surface area contributed by atoms with Crippen LogP contribution in [0, 0.1) is 5.41 Å². The van der Waals surface area contributed by atoms with Gasteiger partial charge in [0.2, 0.25) is 5.91 Å². The van der Waals surface area contributed by atoms with Gasteiger partial charge in [-0.15, -0.1) is 11.3 Å². The highest BCUT2D eigenvalue weighted by molar-refractivity contribution is 9.11. The Morgan fingerprint density at radius 2 is 2.47 bits per heavy atom. The molecule has 1 aliphatic heterocycles. The summed E-state index contributed by atoms with van der Waals surface area (Å²) < 4.78 is 1.14. The molecule has 0 radical (unpaired) electrons. The number of hydrogen-bond donors (Lipinski definition) is 2. The number of halogens is 1. The lowest BCUT2D eigenvalue weighted by molar-refractivity contribution is -0.129. The van der Waals surface area contributed by atoms with E-state index in [4.69, 9.17) is 0 Å². The van der Waals surface area contributed by atoms with Crippen LogP contribution in [0.15, 0.2) is 15.9 Å². The molecular formula is C12H17BrN2OS. The predicted molar refractivity (Wildman–Crippen MR) is 74.3 cm³/mol. The average molecular weight is 317 g/mol. The summed E-state index contributed by atoms with van der Waals surface area (Å²) in [5, 5.41) is 6.28. The first-order valence-electron chi connectivity index (χ1n) is 5.83. The van der Waals surface area contributed by atoms with Crippen molar-refractivity contribution in [2.24, 2.45) is 5.41 Å². The van der Waals surface area contributed by atoms with E-state index in [1.165, 1.54) is 4.88 Å². The average Bonchev–Trinajstić information content (AvgIpc) is 2.89. The third kappa shape index (κ3) is 3.30. The van der Waals surface area contributed by atoms with E-state index in [2.05, 4.69) is 32.6 Å². The molecule has 2 N–H and O–H groups in total. The smallest absolute Gasteiger partial charge is 0.227 e. The minimum atomic E-state index is -0.212. The van der Waals surface area contributed by atoms with Crippen LogP contribution >= 0.6 is 27.3 Å².